The van der Waals surface area contributed by atoms with Gasteiger partial charge in [0.25, 0.3) is 0 Å². The first-order valence-electron chi connectivity index (χ1n) is 11.7. The predicted octanol–water partition coefficient (Wildman–Crippen LogP) is 6.24. The highest BCUT2D eigenvalue weighted by atomic mass is 16.5. The molecule has 0 unspecified atom stereocenters. The van der Waals surface area contributed by atoms with Crippen LogP contribution in [0.5, 0.6) is 5.75 Å². The smallest absolute Gasteiger partial charge is 0.411 e. The molecule has 1 amide bonds. The average Bonchev–Trinajstić information content (AvgIpc) is 2.75. The minimum absolute atomic E-state index is 0.389. The molecular weight excluding hydrogens is 364 g/mol. The van der Waals surface area contributed by atoms with E-state index in [-0.39, 0.29) is 6.09 Å². The van der Waals surface area contributed by atoms with Gasteiger partial charge in [0, 0.05) is 12.2 Å². The molecule has 1 aliphatic heterocycles. The van der Waals surface area contributed by atoms with Crippen molar-refractivity contribution in [2.75, 3.05) is 38.2 Å². The monoisotopic (exact) mass is 404 g/mol. The average molecular weight is 405 g/mol. The first kappa shape index (κ1) is 23.5. The number of nitrogens with one attached hydrogen (secondary N) is 1. The number of nitrogens with zero attached hydrogens (tertiary/aromatic N) is 1. The number of piperidine rings is 1. The van der Waals surface area contributed by atoms with Crippen LogP contribution in [-0.4, -0.2) is 43.8 Å². The molecule has 1 N–H and O–H groups in total. The molecule has 0 bridgehead atoms. The summed E-state index contributed by atoms with van der Waals surface area (Å²) in [5.74, 6) is 0.844. The van der Waals surface area contributed by atoms with Gasteiger partial charge >= 0.3 is 6.09 Å². The third kappa shape index (κ3) is 11.1. The van der Waals surface area contributed by atoms with Gasteiger partial charge in [-0.25, -0.2) is 4.79 Å². The van der Waals surface area contributed by atoms with Crippen LogP contribution in [0.4, 0.5) is 10.5 Å². The molecule has 0 aromatic heterocycles. The van der Waals surface area contributed by atoms with Crippen molar-refractivity contribution in [3.63, 3.8) is 0 Å². The van der Waals surface area contributed by atoms with E-state index in [1.54, 1.807) is 0 Å². The maximum atomic E-state index is 11.9. The molecule has 1 heterocycles. The fourth-order valence-electron chi connectivity index (χ4n) is 3.67. The molecule has 0 atom stereocenters. The van der Waals surface area contributed by atoms with E-state index in [1.165, 1.54) is 70.9 Å². The number of unbranched alkanes of at least 4 members (excludes halogenated alkanes) is 6. The van der Waals surface area contributed by atoms with Crippen LogP contribution in [0, 0.1) is 0 Å². The van der Waals surface area contributed by atoms with Gasteiger partial charge < -0.3 is 14.4 Å². The van der Waals surface area contributed by atoms with E-state index in [0.717, 1.165) is 37.4 Å². The molecule has 5 heteroatoms. The number of benzene rings is 1. The molecule has 1 aromatic carbocycles. The molecule has 1 fully saturated rings. The van der Waals surface area contributed by atoms with Crippen molar-refractivity contribution in [1.29, 1.82) is 0 Å². The van der Waals surface area contributed by atoms with Crippen molar-refractivity contribution in [2.24, 2.45) is 0 Å². The van der Waals surface area contributed by atoms with E-state index in [9.17, 15) is 4.79 Å². The van der Waals surface area contributed by atoms with Gasteiger partial charge in [-0.2, -0.15) is 0 Å². The second-order valence-corrected chi connectivity index (χ2v) is 8.01. The highest BCUT2D eigenvalue weighted by Gasteiger charge is 2.10. The first-order chi connectivity index (χ1) is 14.3. The Labute approximate surface area is 177 Å². The topological polar surface area (TPSA) is 50.8 Å². The Morgan fingerprint density at radius 3 is 2.31 bits per heavy atom. The number of likely N-dealkylation sites (tertiary alicyclic amines) is 1. The molecule has 0 spiro atoms. The molecular formula is C24H40N2O3. The summed E-state index contributed by atoms with van der Waals surface area (Å²) in [4.78, 5) is 14.4. The fraction of sp³-hybridized carbons (Fsp3) is 0.708. The lowest BCUT2D eigenvalue weighted by molar-refractivity contribution is 0.148. The molecule has 0 saturated carbocycles. The normalized spacial score (nSPS) is 14.5. The van der Waals surface area contributed by atoms with Gasteiger partial charge in [0.2, 0.25) is 0 Å². The van der Waals surface area contributed by atoms with Crippen molar-refractivity contribution < 1.29 is 14.3 Å². The summed E-state index contributed by atoms with van der Waals surface area (Å²) in [7, 11) is 0. The van der Waals surface area contributed by atoms with E-state index in [0.29, 0.717) is 6.61 Å². The third-order valence-corrected chi connectivity index (χ3v) is 5.42. The summed E-state index contributed by atoms with van der Waals surface area (Å²) in [5.41, 5.74) is 0.731. The SMILES string of the molecule is CCCCCCCCCOc1ccc(NC(=O)OCCCN2CCCCC2)cc1. The number of rotatable bonds is 14. The molecule has 164 valence electrons. The predicted molar refractivity (Wildman–Crippen MR) is 120 cm³/mol. The molecule has 5 nitrogen and oxygen atoms in total. The second kappa shape index (κ2) is 15.1. The maximum Gasteiger partial charge on any atom is 0.411 e. The standard InChI is InChI=1S/C24H40N2O3/c1-2-3-4-5-6-7-11-20-28-23-15-13-22(14-16-23)25-24(27)29-21-12-19-26-17-9-8-10-18-26/h13-16H,2-12,17-21H2,1H3,(H,25,27). The summed E-state index contributed by atoms with van der Waals surface area (Å²) in [6, 6.07) is 7.50. The zero-order valence-corrected chi connectivity index (χ0v) is 18.3. The Morgan fingerprint density at radius 1 is 0.897 bits per heavy atom. The number of anilines is 1. The van der Waals surface area contributed by atoms with Crippen molar-refractivity contribution in [3.8, 4) is 5.75 Å². The maximum absolute atomic E-state index is 11.9. The van der Waals surface area contributed by atoms with Crippen LogP contribution in [0.1, 0.15) is 77.6 Å². The molecule has 0 aliphatic carbocycles. The Bertz CT molecular complexity index is 542. The van der Waals surface area contributed by atoms with Gasteiger partial charge in [0.1, 0.15) is 5.75 Å². The second-order valence-electron chi connectivity index (χ2n) is 8.01. The van der Waals surface area contributed by atoms with Crippen molar-refractivity contribution >= 4 is 11.8 Å². The molecule has 0 radical (unpaired) electrons. The minimum Gasteiger partial charge on any atom is -0.494 e. The van der Waals surface area contributed by atoms with Gasteiger partial charge in [-0.3, -0.25) is 5.32 Å². The Morgan fingerprint density at radius 2 is 1.59 bits per heavy atom. The van der Waals surface area contributed by atoms with Crippen LogP contribution in [-0.2, 0) is 4.74 Å². The van der Waals surface area contributed by atoms with Gasteiger partial charge in [0.05, 0.1) is 13.2 Å². The highest BCUT2D eigenvalue weighted by molar-refractivity contribution is 5.84. The van der Waals surface area contributed by atoms with Crippen molar-refractivity contribution in [1.82, 2.24) is 4.90 Å². The summed E-state index contributed by atoms with van der Waals surface area (Å²) in [6.07, 6.45) is 13.4. The van der Waals surface area contributed by atoms with Crippen LogP contribution in [0.15, 0.2) is 24.3 Å². The Kier molecular flexibility index (Phi) is 12.3. The van der Waals surface area contributed by atoms with E-state index in [1.807, 2.05) is 24.3 Å². The van der Waals surface area contributed by atoms with Gasteiger partial charge in [-0.05, 0) is 63.0 Å². The molecule has 1 aromatic rings. The van der Waals surface area contributed by atoms with Crippen molar-refractivity contribution in [2.45, 2.75) is 77.6 Å². The van der Waals surface area contributed by atoms with Gasteiger partial charge in [-0.15, -0.1) is 0 Å². The lowest BCUT2D eigenvalue weighted by atomic mass is 10.1. The zero-order chi connectivity index (χ0) is 20.6. The van der Waals surface area contributed by atoms with Crippen molar-refractivity contribution in [3.05, 3.63) is 24.3 Å². The lowest BCUT2D eigenvalue weighted by Crippen LogP contribution is -2.31. The van der Waals surface area contributed by atoms with Gasteiger partial charge in [0.15, 0.2) is 0 Å². The van der Waals surface area contributed by atoms with E-state index < -0.39 is 0 Å². The quantitative estimate of drug-likeness (QED) is 0.373. The van der Waals surface area contributed by atoms with Crippen LogP contribution in [0.3, 0.4) is 0 Å². The number of hydrogen-bond donors (Lipinski definition) is 1. The first-order valence-corrected chi connectivity index (χ1v) is 11.7. The third-order valence-electron chi connectivity index (χ3n) is 5.42. The molecule has 29 heavy (non-hydrogen) atoms. The number of carbonyl (C=O) groups is 1. The summed E-state index contributed by atoms with van der Waals surface area (Å²) in [6.45, 7) is 6.83. The van der Waals surface area contributed by atoms with E-state index >= 15 is 0 Å². The number of carbonyl (C=O) groups excluding carboxylic acids is 1. The van der Waals surface area contributed by atoms with Gasteiger partial charge in [-0.1, -0.05) is 51.9 Å². The van der Waals surface area contributed by atoms with E-state index in [2.05, 4.69) is 17.1 Å². The van der Waals surface area contributed by atoms with Crippen LogP contribution in [0.25, 0.3) is 0 Å². The molecule has 2 rings (SSSR count). The number of amides is 1. The summed E-state index contributed by atoms with van der Waals surface area (Å²) >= 11 is 0. The van der Waals surface area contributed by atoms with Crippen LogP contribution in [0.2, 0.25) is 0 Å². The lowest BCUT2D eigenvalue weighted by Gasteiger charge is -2.26. The fourth-order valence-corrected chi connectivity index (χ4v) is 3.67. The highest BCUT2D eigenvalue weighted by Crippen LogP contribution is 2.17. The molecule has 1 saturated heterocycles. The summed E-state index contributed by atoms with van der Waals surface area (Å²) in [5, 5.41) is 2.78. The minimum atomic E-state index is -0.389. The summed E-state index contributed by atoms with van der Waals surface area (Å²) < 4.78 is 11.1. The van der Waals surface area contributed by atoms with E-state index in [4.69, 9.17) is 9.47 Å². The van der Waals surface area contributed by atoms with Crippen LogP contribution < -0.4 is 10.1 Å². The molecule has 1 aliphatic rings. The largest absolute Gasteiger partial charge is 0.494 e. The van der Waals surface area contributed by atoms with Crippen LogP contribution >= 0.6 is 0 Å². The Balaban J connectivity index is 1.50. The zero-order valence-electron chi connectivity index (χ0n) is 18.3. The number of ether oxygens (including phenoxy) is 2. The Hall–Kier alpha value is -1.75. The number of hydrogen-bond acceptors (Lipinski definition) is 4.